The SMILES string of the molecule is C=CCN(Cc1ccc(C)cc1O[Si](C)(C)C(C)(C)C)C(=O)CC[C@H](NC(=O)OCC1c2ccccc2-c2ccccc21)C(=O)O. The zero-order valence-electron chi connectivity index (χ0n) is 27.8. The summed E-state index contributed by atoms with van der Waals surface area (Å²) in [5.74, 6) is -0.879. The molecule has 4 rings (SSSR count). The van der Waals surface area contributed by atoms with Crippen LogP contribution in [0.5, 0.6) is 5.75 Å². The van der Waals surface area contributed by atoms with Gasteiger partial charge in [-0.1, -0.05) is 87.5 Å². The quantitative estimate of drug-likeness (QED) is 0.147. The van der Waals surface area contributed by atoms with Gasteiger partial charge in [-0.3, -0.25) is 4.79 Å². The van der Waals surface area contributed by atoms with Crippen molar-refractivity contribution < 1.29 is 28.7 Å². The Morgan fingerprint density at radius 3 is 2.20 bits per heavy atom. The van der Waals surface area contributed by atoms with Crippen LogP contribution in [0.1, 0.15) is 61.8 Å². The van der Waals surface area contributed by atoms with Gasteiger partial charge in [-0.25, -0.2) is 9.59 Å². The number of aliphatic carboxylic acids is 1. The van der Waals surface area contributed by atoms with E-state index in [0.717, 1.165) is 39.1 Å². The highest BCUT2D eigenvalue weighted by Gasteiger charge is 2.39. The first kappa shape index (κ1) is 34.5. The van der Waals surface area contributed by atoms with Crippen LogP contribution in [0.25, 0.3) is 11.1 Å². The minimum Gasteiger partial charge on any atom is -0.543 e. The Bertz CT molecular complexity index is 1550. The summed E-state index contributed by atoms with van der Waals surface area (Å²) < 4.78 is 12.2. The molecule has 0 unspecified atom stereocenters. The number of nitrogens with zero attached hydrogens (tertiary/aromatic N) is 1. The van der Waals surface area contributed by atoms with E-state index < -0.39 is 26.4 Å². The van der Waals surface area contributed by atoms with E-state index in [0.29, 0.717) is 0 Å². The number of carboxylic acids is 1. The smallest absolute Gasteiger partial charge is 0.407 e. The van der Waals surface area contributed by atoms with E-state index in [2.05, 4.69) is 45.8 Å². The van der Waals surface area contributed by atoms with Crippen LogP contribution in [0.2, 0.25) is 18.1 Å². The second kappa shape index (κ2) is 14.4. The number of carbonyl (C=O) groups is 3. The van der Waals surface area contributed by atoms with E-state index in [1.807, 2.05) is 73.7 Å². The molecule has 0 heterocycles. The Hall–Kier alpha value is -4.37. The van der Waals surface area contributed by atoms with E-state index in [-0.39, 0.29) is 49.4 Å². The maximum absolute atomic E-state index is 13.4. The Morgan fingerprint density at radius 2 is 1.63 bits per heavy atom. The molecule has 2 N–H and O–H groups in total. The highest BCUT2D eigenvalue weighted by atomic mass is 28.4. The molecule has 0 bridgehead atoms. The average Bonchev–Trinajstić information content (AvgIpc) is 3.31. The number of rotatable bonds is 13. The molecule has 0 fully saturated rings. The van der Waals surface area contributed by atoms with Gasteiger partial charge in [0, 0.05) is 31.0 Å². The number of carbonyl (C=O) groups excluding carboxylic acids is 2. The van der Waals surface area contributed by atoms with E-state index in [1.54, 1.807) is 11.0 Å². The summed E-state index contributed by atoms with van der Waals surface area (Å²) in [6.45, 7) is 17.3. The van der Waals surface area contributed by atoms with Crippen LogP contribution in [-0.4, -0.2) is 55.5 Å². The molecule has 3 aromatic rings. The van der Waals surface area contributed by atoms with Gasteiger partial charge in [-0.2, -0.15) is 0 Å². The molecule has 46 heavy (non-hydrogen) atoms. The van der Waals surface area contributed by atoms with Crippen molar-refractivity contribution in [1.82, 2.24) is 10.2 Å². The van der Waals surface area contributed by atoms with Crippen LogP contribution in [0, 0.1) is 6.92 Å². The van der Waals surface area contributed by atoms with E-state index >= 15 is 0 Å². The zero-order valence-corrected chi connectivity index (χ0v) is 28.8. The molecular weight excluding hydrogens is 597 g/mol. The molecule has 0 saturated heterocycles. The first-order valence-corrected chi connectivity index (χ1v) is 18.6. The number of fused-ring (bicyclic) bond motifs is 3. The lowest BCUT2D eigenvalue weighted by Gasteiger charge is -2.37. The topological polar surface area (TPSA) is 105 Å². The van der Waals surface area contributed by atoms with Crippen molar-refractivity contribution in [3.05, 3.63) is 102 Å². The molecule has 3 aromatic carbocycles. The van der Waals surface area contributed by atoms with E-state index in [9.17, 15) is 19.5 Å². The van der Waals surface area contributed by atoms with Gasteiger partial charge in [-0.05, 0) is 65.4 Å². The number of benzene rings is 3. The Balaban J connectivity index is 1.38. The predicted molar refractivity (Wildman–Crippen MR) is 183 cm³/mol. The largest absolute Gasteiger partial charge is 0.543 e. The Labute approximate surface area is 273 Å². The number of hydrogen-bond donors (Lipinski definition) is 2. The highest BCUT2D eigenvalue weighted by molar-refractivity contribution is 6.74. The van der Waals surface area contributed by atoms with Crippen LogP contribution in [0.4, 0.5) is 4.79 Å². The van der Waals surface area contributed by atoms with Gasteiger partial charge < -0.3 is 24.5 Å². The van der Waals surface area contributed by atoms with Crippen molar-refractivity contribution in [2.24, 2.45) is 0 Å². The minimum atomic E-state index is -2.15. The number of amides is 2. The lowest BCUT2D eigenvalue weighted by atomic mass is 9.98. The average molecular weight is 643 g/mol. The lowest BCUT2D eigenvalue weighted by molar-refractivity contribution is -0.140. The molecule has 2 amide bonds. The summed E-state index contributed by atoms with van der Waals surface area (Å²) in [4.78, 5) is 39.9. The van der Waals surface area contributed by atoms with Gasteiger partial charge in [0.25, 0.3) is 0 Å². The zero-order chi connectivity index (χ0) is 33.6. The number of carboxylic acid groups (broad SMARTS) is 1. The first-order valence-electron chi connectivity index (χ1n) is 15.7. The van der Waals surface area contributed by atoms with Crippen LogP contribution in [-0.2, 0) is 20.9 Å². The first-order chi connectivity index (χ1) is 21.7. The van der Waals surface area contributed by atoms with Crippen LogP contribution in [0.3, 0.4) is 0 Å². The summed E-state index contributed by atoms with van der Waals surface area (Å²) in [5, 5.41) is 12.3. The van der Waals surface area contributed by atoms with Crippen LogP contribution >= 0.6 is 0 Å². The number of aryl methyl sites for hydroxylation is 1. The molecule has 1 atom stereocenters. The fraction of sp³-hybridized carbons (Fsp3) is 0.378. The third-order valence-electron chi connectivity index (χ3n) is 9.04. The fourth-order valence-corrected chi connectivity index (χ4v) is 6.44. The van der Waals surface area contributed by atoms with Crippen molar-refractivity contribution >= 4 is 26.3 Å². The molecule has 1 aliphatic carbocycles. The summed E-state index contributed by atoms with van der Waals surface area (Å²) >= 11 is 0. The molecule has 0 radical (unpaired) electrons. The van der Waals surface area contributed by atoms with Gasteiger partial charge in [0.2, 0.25) is 14.2 Å². The van der Waals surface area contributed by atoms with Crippen molar-refractivity contribution in [2.45, 2.75) is 77.2 Å². The molecule has 0 aromatic heterocycles. The minimum absolute atomic E-state index is 0.00326. The van der Waals surface area contributed by atoms with Gasteiger partial charge in [0.05, 0.1) is 0 Å². The summed E-state index contributed by atoms with van der Waals surface area (Å²) in [7, 11) is -2.15. The van der Waals surface area contributed by atoms with Gasteiger partial charge in [0.15, 0.2) is 0 Å². The number of alkyl carbamates (subject to hydrolysis) is 1. The van der Waals surface area contributed by atoms with Gasteiger partial charge in [0.1, 0.15) is 18.4 Å². The summed E-state index contributed by atoms with van der Waals surface area (Å²) in [5.41, 5.74) is 6.25. The third-order valence-corrected chi connectivity index (χ3v) is 13.4. The number of hydrogen-bond acceptors (Lipinski definition) is 5. The standard InChI is InChI=1S/C37H46N2O6Si/c1-8-21-39(23-26-18-17-25(2)22-33(26)45-46(6,7)37(3,4)5)34(40)20-19-32(35(41)42)38-36(43)44-24-31-29-15-11-9-13-27(29)28-14-10-12-16-30(28)31/h8-18,22,31-32H,1,19-21,23-24H2,2-7H3,(H,38,43)(H,41,42)/t32-/m0/s1. The number of nitrogens with one attached hydrogen (secondary N) is 1. The second-order valence-electron chi connectivity index (χ2n) is 13.4. The Morgan fingerprint density at radius 1 is 1.02 bits per heavy atom. The van der Waals surface area contributed by atoms with E-state index in [1.165, 1.54) is 0 Å². The fourth-order valence-electron chi connectivity index (χ4n) is 5.40. The highest BCUT2D eigenvalue weighted by Crippen LogP contribution is 2.44. The molecule has 9 heteroatoms. The third kappa shape index (κ3) is 8.06. The second-order valence-corrected chi connectivity index (χ2v) is 18.2. The molecule has 0 saturated carbocycles. The normalized spacial score (nSPS) is 13.3. The molecule has 0 aliphatic heterocycles. The maximum Gasteiger partial charge on any atom is 0.407 e. The van der Waals surface area contributed by atoms with Crippen LogP contribution < -0.4 is 9.74 Å². The molecule has 244 valence electrons. The number of ether oxygens (including phenoxy) is 1. The lowest BCUT2D eigenvalue weighted by Crippen LogP contribution is -2.44. The predicted octanol–water partition coefficient (Wildman–Crippen LogP) is 7.67. The molecule has 0 spiro atoms. The van der Waals surface area contributed by atoms with Crippen molar-refractivity contribution in [3.8, 4) is 16.9 Å². The molecular formula is C37H46N2O6Si. The van der Waals surface area contributed by atoms with Crippen LogP contribution in [0.15, 0.2) is 79.4 Å². The van der Waals surface area contributed by atoms with E-state index in [4.69, 9.17) is 9.16 Å². The van der Waals surface area contributed by atoms with Crippen molar-refractivity contribution in [3.63, 3.8) is 0 Å². The van der Waals surface area contributed by atoms with Crippen molar-refractivity contribution in [1.29, 1.82) is 0 Å². The van der Waals surface area contributed by atoms with Gasteiger partial charge >= 0.3 is 12.1 Å². The summed E-state index contributed by atoms with van der Waals surface area (Å²) in [6.07, 6.45) is 0.632. The Kier molecular flexibility index (Phi) is 10.8. The maximum atomic E-state index is 13.4. The van der Waals surface area contributed by atoms with Crippen molar-refractivity contribution in [2.75, 3.05) is 13.2 Å². The molecule has 8 nitrogen and oxygen atoms in total. The monoisotopic (exact) mass is 642 g/mol. The summed E-state index contributed by atoms with van der Waals surface area (Å²) in [6, 6.07) is 20.6. The van der Waals surface area contributed by atoms with Gasteiger partial charge in [-0.15, -0.1) is 6.58 Å². The molecule has 1 aliphatic rings.